The number of aliphatic hydroxyl groups is 1. The zero-order valence-corrected chi connectivity index (χ0v) is 36.6. The number of carbonyl (C=O) groups is 5. The van der Waals surface area contributed by atoms with E-state index in [4.69, 9.17) is 24.9 Å². The number of nitrogens with one attached hydrogen (secondary N) is 3. The predicted octanol–water partition coefficient (Wildman–Crippen LogP) is 4.62. The highest BCUT2D eigenvalue weighted by molar-refractivity contribution is 5.98. The number of alkyl carbamates (subject to hydrolysis) is 1. The number of fused-ring (bicyclic) bond motifs is 5. The molecule has 2 aromatic carbocycles. The summed E-state index contributed by atoms with van der Waals surface area (Å²) in [6.45, 7) is 11.5. The van der Waals surface area contributed by atoms with E-state index in [2.05, 4.69) is 22.5 Å². The highest BCUT2D eigenvalue weighted by Gasteiger charge is 2.46. The van der Waals surface area contributed by atoms with Crippen LogP contribution >= 0.6 is 0 Å². The van der Waals surface area contributed by atoms with Crippen LogP contribution in [0.25, 0.3) is 22.3 Å². The molecule has 18 heteroatoms. The first-order valence-electron chi connectivity index (χ1n) is 21.1. The fourth-order valence-electron chi connectivity index (χ4n) is 8.51. The number of aryl methyl sites for hydroxylation is 1. The fourth-order valence-corrected chi connectivity index (χ4v) is 8.51. The summed E-state index contributed by atoms with van der Waals surface area (Å²) >= 11 is 0. The van der Waals surface area contributed by atoms with Crippen molar-refractivity contribution >= 4 is 46.6 Å². The molecule has 0 unspecified atom stereocenters. The number of amides is 4. The number of hydrogen-bond acceptors (Lipinski definition) is 12. The van der Waals surface area contributed by atoms with Crippen LogP contribution in [0.2, 0.25) is 0 Å². The Morgan fingerprint density at radius 3 is 2.56 bits per heavy atom. The van der Waals surface area contributed by atoms with Crippen molar-refractivity contribution in [2.45, 2.75) is 104 Å². The summed E-state index contributed by atoms with van der Waals surface area (Å²) in [5, 5.41) is 20.4. The Morgan fingerprint density at radius 1 is 1.11 bits per heavy atom. The number of aromatic nitrogens is 2. The molecule has 6 N–H and O–H groups in total. The Kier molecular flexibility index (Phi) is 12.6. The largest absolute Gasteiger partial charge is 0.458 e. The normalized spacial score (nSPS) is 17.9. The van der Waals surface area contributed by atoms with Gasteiger partial charge in [0.15, 0.2) is 5.60 Å². The van der Waals surface area contributed by atoms with Crippen LogP contribution in [-0.4, -0.2) is 75.3 Å². The number of anilines is 1. The Hall–Kier alpha value is -6.66. The zero-order chi connectivity index (χ0) is 46.4. The second-order valence-electron chi connectivity index (χ2n) is 16.8. The number of nitrogens with zero attached hydrogens (tertiary/aromatic N) is 3. The molecule has 2 aromatic heterocycles. The summed E-state index contributed by atoms with van der Waals surface area (Å²) in [6, 6.07) is 5.37. The molecule has 4 heterocycles. The fraction of sp³-hybridized carbons (Fsp3) is 0.413. The van der Waals surface area contributed by atoms with Crippen LogP contribution in [0.3, 0.4) is 0 Å². The third-order valence-electron chi connectivity index (χ3n) is 12.3. The van der Waals surface area contributed by atoms with Crippen LogP contribution in [-0.2, 0) is 66.9 Å². The van der Waals surface area contributed by atoms with Gasteiger partial charge in [0.1, 0.15) is 31.7 Å². The molecule has 3 aliphatic rings. The quantitative estimate of drug-likeness (QED) is 0.0620. The first-order chi connectivity index (χ1) is 30.4. The molecule has 4 atom stereocenters. The van der Waals surface area contributed by atoms with Gasteiger partial charge < -0.3 is 50.5 Å². The molecule has 338 valence electrons. The predicted molar refractivity (Wildman–Crippen MR) is 232 cm³/mol. The molecular weight excluding hydrogens is 830 g/mol. The topological polar surface area (TPSA) is 234 Å². The highest BCUT2D eigenvalue weighted by Crippen LogP contribution is 2.46. The molecule has 0 radical (unpaired) electrons. The van der Waals surface area contributed by atoms with Gasteiger partial charge in [-0.05, 0) is 85.0 Å². The number of carbonyl (C=O) groups excluding carboxylic acids is 5. The maximum atomic E-state index is 15.4. The Bertz CT molecular complexity index is 2680. The minimum Gasteiger partial charge on any atom is -0.458 e. The Morgan fingerprint density at radius 2 is 1.86 bits per heavy atom. The molecule has 1 aliphatic carbocycles. The number of esters is 1. The van der Waals surface area contributed by atoms with Crippen LogP contribution in [0.4, 0.5) is 19.7 Å². The van der Waals surface area contributed by atoms with E-state index >= 15 is 4.39 Å². The summed E-state index contributed by atoms with van der Waals surface area (Å²) in [5.41, 5.74) is 8.56. The van der Waals surface area contributed by atoms with Gasteiger partial charge >= 0.3 is 18.2 Å². The summed E-state index contributed by atoms with van der Waals surface area (Å²) in [4.78, 5) is 85.1. The molecule has 0 spiro atoms. The van der Waals surface area contributed by atoms with E-state index in [1.807, 2.05) is 0 Å². The monoisotopic (exact) mass is 881 g/mol. The van der Waals surface area contributed by atoms with Crippen molar-refractivity contribution in [1.29, 1.82) is 0 Å². The molecule has 0 fully saturated rings. The number of cyclic esters (lactones) is 1. The molecule has 0 bridgehead atoms. The SMILES string of the molecule is C=CCOC(=O)N(C)Cc1cc(NC(=O)[C@H](C)NC(=O)[C@@H](N)C(C)C)ccc1COC(=O)N[C@H]1CCc2c(C)c(F)cc3nc4c(c1c23)Cn1c-4cc2c(c1=O)COC(=O)[C@]2(O)CC. The van der Waals surface area contributed by atoms with Crippen LogP contribution in [0, 0.1) is 18.7 Å². The molecule has 4 amide bonds. The van der Waals surface area contributed by atoms with Crippen molar-refractivity contribution in [2.75, 3.05) is 19.0 Å². The third kappa shape index (κ3) is 8.30. The standard InChI is InChI=1S/C46H52FN7O10/c1-8-14-62-45(60)53(7)18-26-15-27(50-40(55)24(6)49-41(56)38(48)22(3)4)11-10-25(26)20-64-44(59)52-33-13-12-28-23(5)32(47)17-34-36(28)37(33)29-19-54-35(39(29)51-34)16-31-30(42(54)57)21-63-43(58)46(31,61)9-2/h8,10-11,15-17,22,24,33,38,61H,1,9,12-14,18-21,48H2,2-7H3,(H,49,56)(H,50,55)(H,52,59)/t24-,33-,38-,46-/m0/s1. The van der Waals surface area contributed by atoms with Crippen LogP contribution < -0.4 is 27.2 Å². The first-order valence-corrected chi connectivity index (χ1v) is 21.1. The zero-order valence-electron chi connectivity index (χ0n) is 36.6. The molecule has 0 saturated carbocycles. The number of benzene rings is 2. The number of pyridine rings is 2. The van der Waals surface area contributed by atoms with E-state index < -0.39 is 65.1 Å². The van der Waals surface area contributed by atoms with E-state index in [0.29, 0.717) is 68.6 Å². The molecule has 7 rings (SSSR count). The van der Waals surface area contributed by atoms with Gasteiger partial charge in [0, 0.05) is 41.9 Å². The van der Waals surface area contributed by atoms with E-state index in [9.17, 15) is 33.9 Å². The van der Waals surface area contributed by atoms with Crippen molar-refractivity contribution in [3.8, 4) is 11.4 Å². The molecule has 17 nitrogen and oxygen atoms in total. The van der Waals surface area contributed by atoms with Crippen molar-refractivity contribution in [2.24, 2.45) is 11.7 Å². The number of rotatable bonds is 13. The van der Waals surface area contributed by atoms with Gasteiger partial charge in [-0.1, -0.05) is 39.5 Å². The second kappa shape index (κ2) is 17.8. The van der Waals surface area contributed by atoms with Gasteiger partial charge in [-0.3, -0.25) is 14.4 Å². The lowest BCUT2D eigenvalue weighted by Gasteiger charge is -2.31. The van der Waals surface area contributed by atoms with Gasteiger partial charge in [0.25, 0.3) is 5.56 Å². The lowest BCUT2D eigenvalue weighted by molar-refractivity contribution is -0.172. The van der Waals surface area contributed by atoms with Crippen LogP contribution in [0.5, 0.6) is 0 Å². The first kappa shape index (κ1) is 45.4. The van der Waals surface area contributed by atoms with Gasteiger partial charge in [-0.15, -0.1) is 0 Å². The average molecular weight is 882 g/mol. The molecule has 2 aliphatic heterocycles. The van der Waals surface area contributed by atoms with Crippen LogP contribution in [0.1, 0.15) is 91.1 Å². The number of halogens is 1. The maximum Gasteiger partial charge on any atom is 0.410 e. The maximum absolute atomic E-state index is 15.4. The Balaban J connectivity index is 1.16. The van der Waals surface area contributed by atoms with Crippen molar-refractivity contribution < 1.29 is 47.7 Å². The van der Waals surface area contributed by atoms with Crippen molar-refractivity contribution in [3.05, 3.63) is 104 Å². The molecule has 0 saturated heterocycles. The van der Waals surface area contributed by atoms with E-state index in [-0.39, 0.29) is 56.4 Å². The summed E-state index contributed by atoms with van der Waals surface area (Å²) in [7, 11) is 1.52. The van der Waals surface area contributed by atoms with Crippen LogP contribution in [0.15, 0.2) is 47.8 Å². The molecule has 4 aromatic rings. The highest BCUT2D eigenvalue weighted by atomic mass is 19.1. The average Bonchev–Trinajstić information content (AvgIpc) is 3.64. The second-order valence-corrected chi connectivity index (χ2v) is 16.8. The van der Waals surface area contributed by atoms with Gasteiger partial charge in [0.2, 0.25) is 11.8 Å². The number of hydrogen-bond donors (Lipinski definition) is 5. The van der Waals surface area contributed by atoms with Gasteiger partial charge in [-0.25, -0.2) is 23.8 Å². The molecular formula is C46H52FN7O10. The summed E-state index contributed by atoms with van der Waals surface area (Å²) in [5.74, 6) is -2.44. The van der Waals surface area contributed by atoms with E-state index in [1.54, 1.807) is 52.0 Å². The summed E-state index contributed by atoms with van der Waals surface area (Å²) in [6.07, 6.45) is 0.721. The van der Waals surface area contributed by atoms with E-state index in [1.165, 1.54) is 35.6 Å². The van der Waals surface area contributed by atoms with Crippen molar-refractivity contribution in [3.63, 3.8) is 0 Å². The molecule has 64 heavy (non-hydrogen) atoms. The minimum atomic E-state index is -2.04. The van der Waals surface area contributed by atoms with Crippen molar-refractivity contribution in [1.82, 2.24) is 25.1 Å². The Labute approximate surface area is 368 Å². The summed E-state index contributed by atoms with van der Waals surface area (Å²) < 4.78 is 33.2. The number of nitrogens with two attached hydrogens (primary N) is 1. The minimum absolute atomic E-state index is 0.00865. The van der Waals surface area contributed by atoms with Gasteiger partial charge in [0.05, 0.1) is 41.1 Å². The van der Waals surface area contributed by atoms with E-state index in [0.717, 1.165) is 5.56 Å². The smallest absolute Gasteiger partial charge is 0.410 e. The third-order valence-corrected chi connectivity index (χ3v) is 12.3. The van der Waals surface area contributed by atoms with Gasteiger partial charge in [-0.2, -0.15) is 0 Å². The lowest BCUT2D eigenvalue weighted by atomic mass is 9.81. The number of ether oxygens (including phenoxy) is 3. The lowest BCUT2D eigenvalue weighted by Crippen LogP contribution is -2.50.